The van der Waals surface area contributed by atoms with Gasteiger partial charge in [-0.25, -0.2) is 0 Å². The second-order valence-corrected chi connectivity index (χ2v) is 9.14. The predicted octanol–water partition coefficient (Wildman–Crippen LogP) is 3.56. The summed E-state index contributed by atoms with van der Waals surface area (Å²) in [4.78, 5) is 27.2. The maximum atomic E-state index is 12.4. The van der Waals surface area contributed by atoms with Gasteiger partial charge in [-0.05, 0) is 62.6 Å². The van der Waals surface area contributed by atoms with Crippen molar-refractivity contribution in [3.63, 3.8) is 0 Å². The van der Waals surface area contributed by atoms with Crippen molar-refractivity contribution in [2.75, 3.05) is 19.6 Å². The third-order valence-corrected chi connectivity index (χ3v) is 6.81. The maximum absolute atomic E-state index is 12.4. The molecule has 1 saturated heterocycles. The van der Waals surface area contributed by atoms with Crippen LogP contribution in [0.5, 0.6) is 0 Å². The van der Waals surface area contributed by atoms with Crippen LogP contribution >= 0.6 is 0 Å². The summed E-state index contributed by atoms with van der Waals surface area (Å²) in [7, 11) is 0. The van der Waals surface area contributed by atoms with Crippen molar-refractivity contribution in [3.8, 4) is 0 Å². The smallest absolute Gasteiger partial charge is 0.251 e. The van der Waals surface area contributed by atoms with E-state index in [1.54, 1.807) is 0 Å². The minimum atomic E-state index is -0.193. The number of carbonyl (C=O) groups excluding carboxylic acids is 2. The summed E-state index contributed by atoms with van der Waals surface area (Å²) in [5, 5.41) is 5.81. The number of rotatable bonds is 6. The van der Waals surface area contributed by atoms with E-state index in [-0.39, 0.29) is 24.4 Å². The molecule has 2 fully saturated rings. The fourth-order valence-electron chi connectivity index (χ4n) is 4.92. The lowest BCUT2D eigenvalue weighted by atomic mass is 9.80. The Kier molecular flexibility index (Phi) is 6.71. The molecule has 5 nitrogen and oxygen atoms in total. The third-order valence-electron chi connectivity index (χ3n) is 6.81. The van der Waals surface area contributed by atoms with Crippen LogP contribution in [0.25, 0.3) is 0 Å². The van der Waals surface area contributed by atoms with Gasteiger partial charge in [0.1, 0.15) is 0 Å². The largest absolute Gasteiger partial charge is 0.349 e. The van der Waals surface area contributed by atoms with Gasteiger partial charge in [0, 0.05) is 24.7 Å². The first-order valence-electron chi connectivity index (χ1n) is 11.4. The number of nitrogens with one attached hydrogen (secondary N) is 2. The summed E-state index contributed by atoms with van der Waals surface area (Å²) in [6, 6.07) is 17.4. The molecule has 2 amide bonds. The monoisotopic (exact) mass is 419 g/mol. The van der Waals surface area contributed by atoms with Gasteiger partial charge >= 0.3 is 0 Å². The van der Waals surface area contributed by atoms with Crippen LogP contribution in [0, 0.1) is 13.8 Å². The lowest BCUT2D eigenvalue weighted by Gasteiger charge is -2.46. The van der Waals surface area contributed by atoms with Gasteiger partial charge in [-0.15, -0.1) is 0 Å². The molecule has 0 atom stereocenters. The highest BCUT2D eigenvalue weighted by Gasteiger charge is 2.35. The fourth-order valence-corrected chi connectivity index (χ4v) is 4.92. The van der Waals surface area contributed by atoms with Gasteiger partial charge in [0.25, 0.3) is 5.91 Å². The molecule has 31 heavy (non-hydrogen) atoms. The Bertz CT molecular complexity index is 914. The van der Waals surface area contributed by atoms with E-state index in [0.29, 0.717) is 17.5 Å². The summed E-state index contributed by atoms with van der Waals surface area (Å²) in [5.74, 6) is 0.382. The van der Waals surface area contributed by atoms with Crippen LogP contribution in [-0.2, 0) is 4.79 Å². The SMILES string of the molecule is Cc1ccc(C)c(C(=O)NCC(=O)NC2CN(C3CCC(c4ccccc4)CC3)C2)c1. The second-order valence-electron chi connectivity index (χ2n) is 9.14. The van der Waals surface area contributed by atoms with Crippen LogP contribution in [0.2, 0.25) is 0 Å². The summed E-state index contributed by atoms with van der Waals surface area (Å²) in [6.07, 6.45) is 4.94. The van der Waals surface area contributed by atoms with E-state index in [1.807, 2.05) is 32.0 Å². The lowest BCUT2D eigenvalue weighted by Crippen LogP contribution is -2.63. The topological polar surface area (TPSA) is 61.4 Å². The molecule has 2 aromatic rings. The molecule has 0 radical (unpaired) electrons. The molecule has 2 N–H and O–H groups in total. The minimum Gasteiger partial charge on any atom is -0.349 e. The lowest BCUT2D eigenvalue weighted by molar-refractivity contribution is -0.122. The molecule has 0 unspecified atom stereocenters. The van der Waals surface area contributed by atoms with Crippen LogP contribution in [-0.4, -0.2) is 48.4 Å². The number of nitrogens with zero attached hydrogens (tertiary/aromatic N) is 1. The zero-order valence-electron chi connectivity index (χ0n) is 18.6. The Labute approximate surface area is 185 Å². The Morgan fingerprint density at radius 3 is 2.39 bits per heavy atom. The number of likely N-dealkylation sites (tertiary alicyclic amines) is 1. The summed E-state index contributed by atoms with van der Waals surface area (Å²) in [5.41, 5.74) is 4.05. The van der Waals surface area contributed by atoms with E-state index in [4.69, 9.17) is 0 Å². The molecule has 1 heterocycles. The number of amides is 2. The molecule has 164 valence electrons. The average molecular weight is 420 g/mol. The van der Waals surface area contributed by atoms with Crippen molar-refractivity contribution in [2.45, 2.75) is 57.5 Å². The van der Waals surface area contributed by atoms with Crippen LogP contribution in [0.15, 0.2) is 48.5 Å². The van der Waals surface area contributed by atoms with E-state index in [9.17, 15) is 9.59 Å². The molecule has 0 aromatic heterocycles. The predicted molar refractivity (Wildman–Crippen MR) is 123 cm³/mol. The molecule has 0 spiro atoms. The molecule has 1 aliphatic heterocycles. The fraction of sp³-hybridized carbons (Fsp3) is 0.462. The molecule has 1 aliphatic carbocycles. The van der Waals surface area contributed by atoms with Gasteiger partial charge in [-0.3, -0.25) is 14.5 Å². The third kappa shape index (κ3) is 5.34. The molecular formula is C26H33N3O2. The maximum Gasteiger partial charge on any atom is 0.251 e. The highest BCUT2D eigenvalue weighted by molar-refractivity contribution is 5.97. The van der Waals surface area contributed by atoms with Gasteiger partial charge in [0.05, 0.1) is 12.6 Å². The Morgan fingerprint density at radius 2 is 1.68 bits per heavy atom. The molecular weight excluding hydrogens is 386 g/mol. The van der Waals surface area contributed by atoms with Gasteiger partial charge < -0.3 is 10.6 Å². The Balaban J connectivity index is 1.15. The van der Waals surface area contributed by atoms with Crippen molar-refractivity contribution >= 4 is 11.8 Å². The van der Waals surface area contributed by atoms with E-state index in [1.165, 1.54) is 31.2 Å². The number of carbonyl (C=O) groups is 2. The highest BCUT2D eigenvalue weighted by Crippen LogP contribution is 2.35. The van der Waals surface area contributed by atoms with Gasteiger partial charge in [-0.2, -0.15) is 0 Å². The van der Waals surface area contributed by atoms with Crippen molar-refractivity contribution in [1.82, 2.24) is 15.5 Å². The summed E-state index contributed by atoms with van der Waals surface area (Å²) in [6.45, 7) is 5.71. The zero-order chi connectivity index (χ0) is 21.8. The Morgan fingerprint density at radius 1 is 0.968 bits per heavy atom. The summed E-state index contributed by atoms with van der Waals surface area (Å²) >= 11 is 0. The number of hydrogen-bond donors (Lipinski definition) is 2. The minimum absolute atomic E-state index is 0.0187. The normalized spacial score (nSPS) is 21.9. The van der Waals surface area contributed by atoms with E-state index >= 15 is 0 Å². The van der Waals surface area contributed by atoms with E-state index in [2.05, 4.69) is 45.9 Å². The highest BCUT2D eigenvalue weighted by atomic mass is 16.2. The molecule has 5 heteroatoms. The van der Waals surface area contributed by atoms with Crippen molar-refractivity contribution in [2.24, 2.45) is 0 Å². The first kappa shape index (κ1) is 21.6. The van der Waals surface area contributed by atoms with Crippen LogP contribution in [0.4, 0.5) is 0 Å². The van der Waals surface area contributed by atoms with Crippen LogP contribution in [0.3, 0.4) is 0 Å². The first-order valence-corrected chi connectivity index (χ1v) is 11.4. The zero-order valence-corrected chi connectivity index (χ0v) is 18.6. The summed E-state index contributed by atoms with van der Waals surface area (Å²) < 4.78 is 0. The number of hydrogen-bond acceptors (Lipinski definition) is 3. The first-order chi connectivity index (χ1) is 15.0. The molecule has 2 aromatic carbocycles. The Hall–Kier alpha value is -2.66. The molecule has 2 aliphatic rings. The molecule has 0 bridgehead atoms. The van der Waals surface area contributed by atoms with Crippen LogP contribution < -0.4 is 10.6 Å². The molecule has 4 rings (SSSR count). The van der Waals surface area contributed by atoms with Crippen molar-refractivity contribution in [1.29, 1.82) is 0 Å². The van der Waals surface area contributed by atoms with E-state index < -0.39 is 0 Å². The number of aryl methyl sites for hydroxylation is 2. The van der Waals surface area contributed by atoms with Gasteiger partial charge in [0.2, 0.25) is 5.91 Å². The quantitative estimate of drug-likeness (QED) is 0.753. The van der Waals surface area contributed by atoms with Crippen LogP contribution in [0.1, 0.15) is 58.6 Å². The van der Waals surface area contributed by atoms with Crippen molar-refractivity contribution < 1.29 is 9.59 Å². The average Bonchev–Trinajstić information content (AvgIpc) is 2.76. The second kappa shape index (κ2) is 9.65. The van der Waals surface area contributed by atoms with Gasteiger partial charge in [-0.1, -0.05) is 48.0 Å². The standard InChI is InChI=1S/C26H33N3O2/c1-18-8-9-19(2)24(14-18)26(31)27-15-25(30)28-22-16-29(17-22)23-12-10-21(11-13-23)20-6-4-3-5-7-20/h3-9,14,21-23H,10-13,15-17H2,1-2H3,(H,27,31)(H,28,30). The van der Waals surface area contributed by atoms with Crippen molar-refractivity contribution in [3.05, 3.63) is 70.8 Å². The number of benzene rings is 2. The van der Waals surface area contributed by atoms with Gasteiger partial charge in [0.15, 0.2) is 0 Å². The molecule has 1 saturated carbocycles. The van der Waals surface area contributed by atoms with E-state index in [0.717, 1.165) is 24.2 Å².